The molecule has 0 aliphatic heterocycles. The normalized spacial score (nSPS) is 13.7. The van der Waals surface area contributed by atoms with Crippen molar-refractivity contribution in [2.75, 3.05) is 20.3 Å². The van der Waals surface area contributed by atoms with E-state index in [2.05, 4.69) is 5.32 Å². The summed E-state index contributed by atoms with van der Waals surface area (Å²) < 4.78 is 34.3. The highest BCUT2D eigenvalue weighted by Gasteiger charge is 2.16. The monoisotopic (exact) mass is 424 g/mol. The summed E-state index contributed by atoms with van der Waals surface area (Å²) >= 11 is 0. The molecule has 0 saturated carbocycles. The van der Waals surface area contributed by atoms with Crippen LogP contribution in [0.3, 0.4) is 0 Å². The molecular formula is C20H28N2O6S. The van der Waals surface area contributed by atoms with Crippen LogP contribution in [0.4, 0.5) is 0 Å². The number of nitrogens with two attached hydrogens (primary N) is 1. The van der Waals surface area contributed by atoms with E-state index in [4.69, 9.17) is 14.6 Å². The number of methoxy groups -OCH3 is 1. The molecule has 9 heteroatoms. The zero-order valence-electron chi connectivity index (χ0n) is 16.8. The summed E-state index contributed by atoms with van der Waals surface area (Å²) in [6, 6.07) is 9.77. The van der Waals surface area contributed by atoms with Gasteiger partial charge >= 0.3 is 0 Å². The number of rotatable bonds is 10. The van der Waals surface area contributed by atoms with E-state index in [1.807, 2.05) is 6.92 Å². The molecule has 0 amide bonds. The average molecular weight is 425 g/mol. The Morgan fingerprint density at radius 3 is 2.52 bits per heavy atom. The predicted molar refractivity (Wildman–Crippen MR) is 109 cm³/mol. The minimum absolute atomic E-state index is 0.00357. The molecule has 2 rings (SSSR count). The van der Waals surface area contributed by atoms with Crippen LogP contribution >= 0.6 is 0 Å². The van der Waals surface area contributed by atoms with Crippen LogP contribution in [0.1, 0.15) is 29.7 Å². The van der Waals surface area contributed by atoms with Gasteiger partial charge in [-0.2, -0.15) is 0 Å². The SMILES string of the molecule is COc1cc(CO)ccc1OCC(C)NCC(O)c1ccc(C)c(S(N)(=O)=O)c1. The third-order valence-electron chi connectivity index (χ3n) is 4.46. The summed E-state index contributed by atoms with van der Waals surface area (Å²) in [4.78, 5) is 0.00357. The number of benzene rings is 2. The molecule has 2 atom stereocenters. The molecule has 0 aliphatic rings. The summed E-state index contributed by atoms with van der Waals surface area (Å²) in [5, 5.41) is 27.9. The first kappa shape index (κ1) is 23.1. The van der Waals surface area contributed by atoms with E-state index < -0.39 is 16.1 Å². The number of nitrogens with one attached hydrogen (secondary N) is 1. The van der Waals surface area contributed by atoms with Crippen LogP contribution < -0.4 is 19.9 Å². The van der Waals surface area contributed by atoms with Crippen molar-refractivity contribution in [3.63, 3.8) is 0 Å². The lowest BCUT2D eigenvalue weighted by Crippen LogP contribution is -2.35. The Kier molecular flexibility index (Phi) is 8.00. The maximum absolute atomic E-state index is 11.6. The molecule has 0 heterocycles. The molecule has 8 nitrogen and oxygen atoms in total. The minimum atomic E-state index is -3.85. The lowest BCUT2D eigenvalue weighted by atomic mass is 10.1. The van der Waals surface area contributed by atoms with Crippen LogP contribution in [-0.2, 0) is 16.6 Å². The fourth-order valence-electron chi connectivity index (χ4n) is 2.76. The molecule has 0 aromatic heterocycles. The zero-order valence-corrected chi connectivity index (χ0v) is 17.6. The van der Waals surface area contributed by atoms with Crippen LogP contribution in [0.25, 0.3) is 0 Å². The first-order chi connectivity index (χ1) is 13.7. The molecule has 0 saturated heterocycles. The Labute approximate surface area is 171 Å². The Hall–Kier alpha value is -2.17. The Bertz CT molecular complexity index is 933. The lowest BCUT2D eigenvalue weighted by molar-refractivity contribution is 0.163. The van der Waals surface area contributed by atoms with Gasteiger partial charge in [0.05, 0.1) is 24.7 Å². The zero-order chi connectivity index (χ0) is 21.6. The largest absolute Gasteiger partial charge is 0.493 e. The predicted octanol–water partition coefficient (Wildman–Crippen LogP) is 1.23. The smallest absolute Gasteiger partial charge is 0.238 e. The fourth-order valence-corrected chi connectivity index (χ4v) is 3.58. The number of hydrogen-bond acceptors (Lipinski definition) is 7. The Morgan fingerprint density at radius 2 is 1.90 bits per heavy atom. The molecular weight excluding hydrogens is 396 g/mol. The number of primary sulfonamides is 1. The molecule has 0 spiro atoms. The third kappa shape index (κ3) is 6.41. The van der Waals surface area contributed by atoms with Crippen molar-refractivity contribution in [1.29, 1.82) is 0 Å². The molecule has 0 radical (unpaired) electrons. The number of aliphatic hydroxyl groups excluding tert-OH is 2. The standard InChI is InChI=1S/C20H28N2O6S/c1-13-4-6-16(9-20(13)29(21,25)26)17(24)10-22-14(2)12-28-18-7-5-15(11-23)8-19(18)27-3/h4-9,14,17,22-24H,10-12H2,1-3H3,(H2,21,25,26). The van der Waals surface area contributed by atoms with Gasteiger partial charge < -0.3 is 25.0 Å². The van der Waals surface area contributed by atoms with Gasteiger partial charge in [0.1, 0.15) is 6.61 Å². The van der Waals surface area contributed by atoms with E-state index in [1.165, 1.54) is 13.2 Å². The maximum Gasteiger partial charge on any atom is 0.238 e. The second kappa shape index (κ2) is 10.0. The van der Waals surface area contributed by atoms with E-state index >= 15 is 0 Å². The highest BCUT2D eigenvalue weighted by molar-refractivity contribution is 7.89. The van der Waals surface area contributed by atoms with Gasteiger partial charge in [-0.05, 0) is 48.7 Å². The van der Waals surface area contributed by atoms with Crippen molar-refractivity contribution >= 4 is 10.0 Å². The Morgan fingerprint density at radius 1 is 1.17 bits per heavy atom. The van der Waals surface area contributed by atoms with Crippen molar-refractivity contribution in [1.82, 2.24) is 5.32 Å². The molecule has 0 aliphatic carbocycles. The molecule has 0 fully saturated rings. The van der Waals surface area contributed by atoms with Crippen LogP contribution in [-0.4, -0.2) is 44.9 Å². The van der Waals surface area contributed by atoms with Crippen LogP contribution in [0, 0.1) is 6.92 Å². The van der Waals surface area contributed by atoms with Crippen molar-refractivity contribution < 1.29 is 28.1 Å². The highest BCUT2D eigenvalue weighted by Crippen LogP contribution is 2.28. The van der Waals surface area contributed by atoms with Crippen LogP contribution in [0.2, 0.25) is 0 Å². The third-order valence-corrected chi connectivity index (χ3v) is 5.52. The van der Waals surface area contributed by atoms with Gasteiger partial charge in [-0.1, -0.05) is 18.2 Å². The van der Waals surface area contributed by atoms with Crippen molar-refractivity contribution in [2.45, 2.75) is 37.5 Å². The van der Waals surface area contributed by atoms with E-state index in [0.717, 1.165) is 5.56 Å². The first-order valence-electron chi connectivity index (χ1n) is 9.11. The van der Waals surface area contributed by atoms with Gasteiger partial charge in [0, 0.05) is 12.6 Å². The number of sulfonamides is 1. The van der Waals surface area contributed by atoms with Gasteiger partial charge in [0.25, 0.3) is 0 Å². The minimum Gasteiger partial charge on any atom is -0.493 e. The van der Waals surface area contributed by atoms with Gasteiger partial charge in [0.2, 0.25) is 10.0 Å². The molecule has 2 unspecified atom stereocenters. The summed E-state index contributed by atoms with van der Waals surface area (Å²) in [6.07, 6.45) is -0.906. The van der Waals surface area contributed by atoms with Crippen LogP contribution in [0.5, 0.6) is 11.5 Å². The summed E-state index contributed by atoms with van der Waals surface area (Å²) in [7, 11) is -2.32. The lowest BCUT2D eigenvalue weighted by Gasteiger charge is -2.19. The Balaban J connectivity index is 1.93. The van der Waals surface area contributed by atoms with E-state index in [-0.39, 0.29) is 24.1 Å². The summed E-state index contributed by atoms with van der Waals surface area (Å²) in [5.41, 5.74) is 1.71. The molecule has 2 aromatic rings. The summed E-state index contributed by atoms with van der Waals surface area (Å²) in [5.74, 6) is 1.08. The van der Waals surface area contributed by atoms with Crippen molar-refractivity contribution in [3.8, 4) is 11.5 Å². The molecule has 0 bridgehead atoms. The topological polar surface area (TPSA) is 131 Å². The van der Waals surface area contributed by atoms with Gasteiger partial charge in [0.15, 0.2) is 11.5 Å². The van der Waals surface area contributed by atoms with E-state index in [9.17, 15) is 18.6 Å². The van der Waals surface area contributed by atoms with Crippen LogP contribution in [0.15, 0.2) is 41.3 Å². The number of hydrogen-bond donors (Lipinski definition) is 4. The quantitative estimate of drug-likeness (QED) is 0.451. The van der Waals surface area contributed by atoms with Crippen molar-refractivity contribution in [3.05, 3.63) is 53.1 Å². The van der Waals surface area contributed by atoms with E-state index in [1.54, 1.807) is 37.3 Å². The molecule has 160 valence electrons. The fraction of sp³-hybridized carbons (Fsp3) is 0.400. The second-order valence-electron chi connectivity index (χ2n) is 6.85. The van der Waals surface area contributed by atoms with Gasteiger partial charge in [-0.15, -0.1) is 0 Å². The molecule has 29 heavy (non-hydrogen) atoms. The van der Waals surface area contributed by atoms with Crippen molar-refractivity contribution in [2.24, 2.45) is 5.14 Å². The second-order valence-corrected chi connectivity index (χ2v) is 8.38. The van der Waals surface area contributed by atoms with E-state index in [0.29, 0.717) is 29.2 Å². The highest BCUT2D eigenvalue weighted by atomic mass is 32.2. The molecule has 2 aromatic carbocycles. The number of aliphatic hydroxyl groups is 2. The average Bonchev–Trinajstić information content (AvgIpc) is 2.69. The summed E-state index contributed by atoms with van der Waals surface area (Å²) in [6.45, 7) is 3.98. The first-order valence-corrected chi connectivity index (χ1v) is 10.7. The number of ether oxygens (including phenoxy) is 2. The van der Waals surface area contributed by atoms with Gasteiger partial charge in [-0.3, -0.25) is 0 Å². The number of aryl methyl sites for hydroxylation is 1. The molecule has 5 N–H and O–H groups in total. The maximum atomic E-state index is 11.6. The van der Waals surface area contributed by atoms with Gasteiger partial charge in [-0.25, -0.2) is 13.6 Å².